The number of fused-ring (bicyclic) bond motifs is 1. The van der Waals surface area contributed by atoms with Crippen LogP contribution in [0.1, 0.15) is 34.5 Å². The number of rotatable bonds is 5. The zero-order chi connectivity index (χ0) is 21.0. The van der Waals surface area contributed by atoms with Gasteiger partial charge in [-0.25, -0.2) is 0 Å². The molecule has 0 spiro atoms. The molecule has 5 rings (SSSR count). The third kappa shape index (κ3) is 3.24. The SMILES string of the molecule is CN(C)C1(c2ccc(N3CN4CC[C@@H](NC(=O)c5ccc(Cl)s5)[C@H]4C3=O)cc2)CC1. The Kier molecular flexibility index (Phi) is 4.89. The van der Waals surface area contributed by atoms with Crippen LogP contribution < -0.4 is 10.2 Å². The second-order valence-electron chi connectivity index (χ2n) is 8.61. The van der Waals surface area contributed by atoms with Gasteiger partial charge in [-0.1, -0.05) is 23.7 Å². The van der Waals surface area contributed by atoms with E-state index in [0.717, 1.165) is 18.7 Å². The van der Waals surface area contributed by atoms with E-state index in [-0.39, 0.29) is 29.4 Å². The molecule has 0 bridgehead atoms. The van der Waals surface area contributed by atoms with E-state index in [1.807, 2.05) is 4.90 Å². The van der Waals surface area contributed by atoms with Gasteiger partial charge in [0.15, 0.2) is 0 Å². The van der Waals surface area contributed by atoms with E-state index < -0.39 is 0 Å². The summed E-state index contributed by atoms with van der Waals surface area (Å²) in [4.78, 5) is 32.6. The maximum atomic E-state index is 13.2. The molecule has 1 aliphatic carbocycles. The number of benzene rings is 1. The quantitative estimate of drug-likeness (QED) is 0.769. The minimum atomic E-state index is -0.305. The molecule has 2 atom stereocenters. The van der Waals surface area contributed by atoms with Crippen molar-refractivity contribution in [3.05, 3.63) is 51.2 Å². The van der Waals surface area contributed by atoms with Crippen LogP contribution in [-0.4, -0.2) is 61.0 Å². The number of carbonyl (C=O) groups is 2. The van der Waals surface area contributed by atoms with Crippen molar-refractivity contribution in [1.29, 1.82) is 0 Å². The normalized spacial score (nSPS) is 25.1. The fourth-order valence-corrected chi connectivity index (χ4v) is 5.80. The Morgan fingerprint density at radius 2 is 1.93 bits per heavy atom. The van der Waals surface area contributed by atoms with Crippen molar-refractivity contribution in [2.75, 3.05) is 32.2 Å². The molecule has 2 aliphatic heterocycles. The van der Waals surface area contributed by atoms with Gasteiger partial charge in [0, 0.05) is 17.8 Å². The molecule has 3 fully saturated rings. The van der Waals surface area contributed by atoms with E-state index in [9.17, 15) is 9.59 Å². The highest BCUT2D eigenvalue weighted by molar-refractivity contribution is 7.18. The molecule has 2 aromatic rings. The zero-order valence-electron chi connectivity index (χ0n) is 17.1. The largest absolute Gasteiger partial charge is 0.346 e. The van der Waals surface area contributed by atoms with E-state index in [4.69, 9.17) is 11.6 Å². The zero-order valence-corrected chi connectivity index (χ0v) is 18.7. The van der Waals surface area contributed by atoms with Gasteiger partial charge >= 0.3 is 0 Å². The molecule has 2 amide bonds. The van der Waals surface area contributed by atoms with Gasteiger partial charge in [0.25, 0.3) is 5.91 Å². The van der Waals surface area contributed by atoms with Gasteiger partial charge in [-0.15, -0.1) is 11.3 Å². The fourth-order valence-electron chi connectivity index (χ4n) is 4.85. The van der Waals surface area contributed by atoms with E-state index in [0.29, 0.717) is 15.9 Å². The summed E-state index contributed by atoms with van der Waals surface area (Å²) in [6, 6.07) is 11.4. The number of anilines is 1. The van der Waals surface area contributed by atoms with Crippen molar-refractivity contribution < 1.29 is 9.59 Å². The molecule has 8 heteroatoms. The van der Waals surface area contributed by atoms with Crippen molar-refractivity contribution in [2.24, 2.45) is 0 Å². The molecule has 1 aromatic heterocycles. The minimum Gasteiger partial charge on any atom is -0.346 e. The van der Waals surface area contributed by atoms with Crippen molar-refractivity contribution in [2.45, 2.75) is 36.9 Å². The number of carbonyl (C=O) groups excluding carboxylic acids is 2. The predicted molar refractivity (Wildman–Crippen MR) is 119 cm³/mol. The van der Waals surface area contributed by atoms with Gasteiger partial charge in [0.2, 0.25) is 5.91 Å². The van der Waals surface area contributed by atoms with Crippen LogP contribution in [0.3, 0.4) is 0 Å². The van der Waals surface area contributed by atoms with Crippen LogP contribution in [0.25, 0.3) is 0 Å². The summed E-state index contributed by atoms with van der Waals surface area (Å²) in [7, 11) is 4.25. The van der Waals surface area contributed by atoms with Crippen LogP contribution in [0, 0.1) is 0 Å². The number of amides is 2. The van der Waals surface area contributed by atoms with E-state index in [1.165, 1.54) is 29.7 Å². The summed E-state index contributed by atoms with van der Waals surface area (Å²) in [6.45, 7) is 1.36. The molecule has 1 saturated carbocycles. The number of halogens is 1. The van der Waals surface area contributed by atoms with Gasteiger partial charge in [0.1, 0.15) is 6.04 Å². The van der Waals surface area contributed by atoms with Gasteiger partial charge < -0.3 is 5.32 Å². The highest BCUT2D eigenvalue weighted by atomic mass is 35.5. The van der Waals surface area contributed by atoms with Crippen LogP contribution in [-0.2, 0) is 10.3 Å². The van der Waals surface area contributed by atoms with Crippen LogP contribution in [0.5, 0.6) is 0 Å². The molecule has 6 nitrogen and oxygen atoms in total. The first-order valence-electron chi connectivity index (χ1n) is 10.3. The molecule has 2 saturated heterocycles. The Labute approximate surface area is 185 Å². The van der Waals surface area contributed by atoms with Crippen LogP contribution in [0.15, 0.2) is 36.4 Å². The fraction of sp³-hybridized carbons (Fsp3) is 0.455. The summed E-state index contributed by atoms with van der Waals surface area (Å²) in [5.41, 5.74) is 2.39. The lowest BCUT2D eigenvalue weighted by atomic mass is 10.0. The monoisotopic (exact) mass is 444 g/mol. The number of hydrogen-bond donors (Lipinski definition) is 1. The number of nitrogens with one attached hydrogen (secondary N) is 1. The van der Waals surface area contributed by atoms with Crippen molar-refractivity contribution in [3.8, 4) is 0 Å². The summed E-state index contributed by atoms with van der Waals surface area (Å²) >= 11 is 7.20. The maximum absolute atomic E-state index is 13.2. The van der Waals surface area contributed by atoms with Crippen molar-refractivity contribution in [1.82, 2.24) is 15.1 Å². The lowest BCUT2D eigenvalue weighted by Crippen LogP contribution is -2.46. The molecule has 3 aliphatic rings. The van der Waals surface area contributed by atoms with Gasteiger partial charge in [-0.2, -0.15) is 0 Å². The molecule has 1 N–H and O–H groups in total. The standard InChI is InChI=1S/C22H25ClN4O2S/c1-25(2)22(10-11-22)14-3-5-15(6-4-14)27-13-26-12-9-16(19(26)21(27)29)24-20(28)17-7-8-18(23)30-17/h3-8,16,19H,9-13H2,1-2H3,(H,24,28)/t16-,19+/m1/s1. The number of thiophene rings is 1. The third-order valence-electron chi connectivity index (χ3n) is 6.75. The Hall–Kier alpha value is -1.93. The lowest BCUT2D eigenvalue weighted by molar-refractivity contribution is -0.119. The Balaban J connectivity index is 1.29. The molecule has 1 aromatic carbocycles. The topological polar surface area (TPSA) is 55.9 Å². The van der Waals surface area contributed by atoms with Crippen molar-refractivity contribution in [3.63, 3.8) is 0 Å². The second-order valence-corrected chi connectivity index (χ2v) is 10.3. The molecule has 0 radical (unpaired) electrons. The number of hydrogen-bond acceptors (Lipinski definition) is 5. The van der Waals surface area contributed by atoms with E-state index in [1.54, 1.807) is 12.1 Å². The minimum absolute atomic E-state index is 0.0588. The lowest BCUT2D eigenvalue weighted by Gasteiger charge is -2.25. The average molecular weight is 445 g/mol. The Morgan fingerprint density at radius 3 is 2.53 bits per heavy atom. The summed E-state index contributed by atoms with van der Waals surface area (Å²) < 4.78 is 0.585. The summed E-state index contributed by atoms with van der Waals surface area (Å²) in [5, 5.41) is 3.05. The molecule has 30 heavy (non-hydrogen) atoms. The first-order valence-corrected chi connectivity index (χ1v) is 11.5. The van der Waals surface area contributed by atoms with Crippen LogP contribution in [0.4, 0.5) is 5.69 Å². The molecule has 3 heterocycles. The molecular weight excluding hydrogens is 420 g/mol. The maximum Gasteiger partial charge on any atom is 0.261 e. The average Bonchev–Trinajstić information content (AvgIpc) is 3.12. The molecule has 0 unspecified atom stereocenters. The van der Waals surface area contributed by atoms with Gasteiger partial charge in [-0.3, -0.25) is 24.3 Å². The highest BCUT2D eigenvalue weighted by Crippen LogP contribution is 2.49. The summed E-state index contributed by atoms with van der Waals surface area (Å²) in [6.07, 6.45) is 3.13. The predicted octanol–water partition coefficient (Wildman–Crippen LogP) is 3.13. The van der Waals surface area contributed by atoms with Gasteiger partial charge in [-0.05, 0) is 63.2 Å². The second kappa shape index (κ2) is 7.34. The van der Waals surface area contributed by atoms with Crippen LogP contribution >= 0.6 is 22.9 Å². The van der Waals surface area contributed by atoms with Crippen LogP contribution in [0.2, 0.25) is 4.34 Å². The highest BCUT2D eigenvalue weighted by Gasteiger charge is 2.49. The Morgan fingerprint density at radius 1 is 1.20 bits per heavy atom. The van der Waals surface area contributed by atoms with Crippen molar-refractivity contribution >= 4 is 40.4 Å². The van der Waals surface area contributed by atoms with E-state index >= 15 is 0 Å². The molecular formula is C22H25ClN4O2S. The smallest absolute Gasteiger partial charge is 0.261 e. The Bertz CT molecular complexity index is 985. The summed E-state index contributed by atoms with van der Waals surface area (Å²) in [5.74, 6) is -0.101. The van der Waals surface area contributed by atoms with Gasteiger partial charge in [0.05, 0.1) is 21.9 Å². The molecule has 158 valence electrons. The first kappa shape index (κ1) is 20.0. The van der Waals surface area contributed by atoms with E-state index in [2.05, 4.69) is 53.5 Å². The number of nitrogens with zero attached hydrogens (tertiary/aromatic N) is 3. The first-order chi connectivity index (χ1) is 14.4. The third-order valence-corrected chi connectivity index (χ3v) is 7.98.